The second kappa shape index (κ2) is 4.82. The van der Waals surface area contributed by atoms with Gasteiger partial charge in [-0.1, -0.05) is 13.8 Å². The topological polar surface area (TPSA) is 43.1 Å². The molecular formula is C6H13NOS. The van der Waals surface area contributed by atoms with E-state index in [0.29, 0.717) is 5.25 Å². The van der Waals surface area contributed by atoms with E-state index in [4.69, 9.17) is 5.73 Å². The molecule has 0 heterocycles. The molecular weight excluding hydrogens is 134 g/mol. The van der Waals surface area contributed by atoms with Crippen LogP contribution in [0.25, 0.3) is 0 Å². The Morgan fingerprint density at radius 1 is 1.67 bits per heavy atom. The van der Waals surface area contributed by atoms with Crippen LogP contribution in [-0.4, -0.2) is 23.3 Å². The summed E-state index contributed by atoms with van der Waals surface area (Å²) in [4.78, 5) is 9.98. The number of hydrogen-bond donors (Lipinski definition) is 1. The molecule has 0 fully saturated rings. The predicted octanol–water partition coefficient (Wildman–Crippen LogP) is 0.654. The zero-order chi connectivity index (χ0) is 7.28. The fraction of sp³-hybridized carbons (Fsp3) is 0.833. The Kier molecular flexibility index (Phi) is 4.81. The summed E-state index contributed by atoms with van der Waals surface area (Å²) >= 11 is 1.71. The minimum Gasteiger partial charge on any atom is -0.321 e. The third-order valence-electron chi connectivity index (χ3n) is 0.797. The largest absolute Gasteiger partial charge is 0.321 e. The summed E-state index contributed by atoms with van der Waals surface area (Å²) in [6.45, 7) is 4.17. The van der Waals surface area contributed by atoms with Crippen LogP contribution in [0.3, 0.4) is 0 Å². The van der Waals surface area contributed by atoms with Crippen molar-refractivity contribution < 1.29 is 4.79 Å². The average molecular weight is 147 g/mol. The van der Waals surface area contributed by atoms with Crippen molar-refractivity contribution in [2.75, 3.05) is 5.75 Å². The highest BCUT2D eigenvalue weighted by atomic mass is 32.2. The van der Waals surface area contributed by atoms with Gasteiger partial charge in [-0.2, -0.15) is 11.8 Å². The molecule has 0 saturated carbocycles. The van der Waals surface area contributed by atoms with Crippen molar-refractivity contribution in [2.24, 2.45) is 5.73 Å². The van der Waals surface area contributed by atoms with Gasteiger partial charge in [0.1, 0.15) is 6.29 Å². The van der Waals surface area contributed by atoms with E-state index in [1.54, 1.807) is 11.8 Å². The molecule has 9 heavy (non-hydrogen) atoms. The highest BCUT2D eigenvalue weighted by Gasteiger charge is 2.00. The third-order valence-corrected chi connectivity index (χ3v) is 2.04. The minimum atomic E-state index is -0.280. The first-order valence-electron chi connectivity index (χ1n) is 2.99. The van der Waals surface area contributed by atoms with E-state index in [-0.39, 0.29) is 6.04 Å². The molecule has 1 atom stereocenters. The summed E-state index contributed by atoms with van der Waals surface area (Å²) in [5.41, 5.74) is 5.33. The quantitative estimate of drug-likeness (QED) is 0.594. The molecule has 0 aromatic heterocycles. The van der Waals surface area contributed by atoms with Crippen LogP contribution >= 0.6 is 11.8 Å². The predicted molar refractivity (Wildman–Crippen MR) is 41.6 cm³/mol. The number of rotatable bonds is 4. The highest BCUT2D eigenvalue weighted by Crippen LogP contribution is 2.08. The van der Waals surface area contributed by atoms with Crippen molar-refractivity contribution >= 4 is 18.0 Å². The zero-order valence-electron chi connectivity index (χ0n) is 5.83. The van der Waals surface area contributed by atoms with Crippen LogP contribution in [0.2, 0.25) is 0 Å². The van der Waals surface area contributed by atoms with Crippen molar-refractivity contribution in [2.45, 2.75) is 25.1 Å². The van der Waals surface area contributed by atoms with Gasteiger partial charge >= 0.3 is 0 Å². The summed E-state index contributed by atoms with van der Waals surface area (Å²) < 4.78 is 0. The van der Waals surface area contributed by atoms with Crippen molar-refractivity contribution in [1.82, 2.24) is 0 Å². The normalized spacial score (nSPS) is 13.8. The van der Waals surface area contributed by atoms with E-state index in [2.05, 4.69) is 13.8 Å². The summed E-state index contributed by atoms with van der Waals surface area (Å²) in [5.74, 6) is 0.737. The first-order valence-corrected chi connectivity index (χ1v) is 4.04. The molecule has 0 spiro atoms. The van der Waals surface area contributed by atoms with Crippen LogP contribution in [-0.2, 0) is 4.79 Å². The lowest BCUT2D eigenvalue weighted by Gasteiger charge is -2.05. The Bertz CT molecular complexity index is 85.1. The molecule has 0 aromatic carbocycles. The molecule has 0 bridgehead atoms. The maximum Gasteiger partial charge on any atom is 0.137 e. The smallest absolute Gasteiger partial charge is 0.137 e. The van der Waals surface area contributed by atoms with E-state index >= 15 is 0 Å². The van der Waals surface area contributed by atoms with E-state index in [1.807, 2.05) is 0 Å². The van der Waals surface area contributed by atoms with Gasteiger partial charge in [0.15, 0.2) is 0 Å². The molecule has 0 aromatic rings. The van der Waals surface area contributed by atoms with E-state index < -0.39 is 0 Å². The Morgan fingerprint density at radius 2 is 2.22 bits per heavy atom. The molecule has 2 nitrogen and oxygen atoms in total. The van der Waals surface area contributed by atoms with Gasteiger partial charge in [0, 0.05) is 5.75 Å². The lowest BCUT2D eigenvalue weighted by atomic mass is 10.4. The Balaban J connectivity index is 3.16. The van der Waals surface area contributed by atoms with Gasteiger partial charge in [0.05, 0.1) is 6.04 Å². The van der Waals surface area contributed by atoms with Crippen molar-refractivity contribution in [1.29, 1.82) is 0 Å². The number of aldehydes is 1. The van der Waals surface area contributed by atoms with E-state index in [0.717, 1.165) is 12.0 Å². The SMILES string of the molecule is CC(C)SCC(N)C=O. The molecule has 54 valence electrons. The van der Waals surface area contributed by atoms with Crippen LogP contribution in [0, 0.1) is 0 Å². The van der Waals surface area contributed by atoms with Crippen molar-refractivity contribution in [3.8, 4) is 0 Å². The number of hydrogen-bond acceptors (Lipinski definition) is 3. The van der Waals surface area contributed by atoms with Gasteiger partial charge in [-0.25, -0.2) is 0 Å². The van der Waals surface area contributed by atoms with Crippen LogP contribution in [0.5, 0.6) is 0 Å². The summed E-state index contributed by atoms with van der Waals surface area (Å²) in [6, 6.07) is -0.280. The molecule has 0 saturated heterocycles. The van der Waals surface area contributed by atoms with Crippen LogP contribution in [0.15, 0.2) is 0 Å². The van der Waals surface area contributed by atoms with Gasteiger partial charge in [-0.05, 0) is 5.25 Å². The molecule has 0 aliphatic carbocycles. The second-order valence-corrected chi connectivity index (χ2v) is 3.79. The van der Waals surface area contributed by atoms with Gasteiger partial charge in [-0.3, -0.25) is 0 Å². The van der Waals surface area contributed by atoms with Gasteiger partial charge < -0.3 is 10.5 Å². The molecule has 0 amide bonds. The molecule has 3 heteroatoms. The Labute approximate surface area is 60.2 Å². The standard InChI is InChI=1S/C6H13NOS/c1-5(2)9-4-6(7)3-8/h3,5-6H,4,7H2,1-2H3. The van der Waals surface area contributed by atoms with Gasteiger partial charge in [0.2, 0.25) is 0 Å². The van der Waals surface area contributed by atoms with Crippen LogP contribution in [0.1, 0.15) is 13.8 Å². The van der Waals surface area contributed by atoms with Crippen molar-refractivity contribution in [3.05, 3.63) is 0 Å². The lowest BCUT2D eigenvalue weighted by Crippen LogP contribution is -2.24. The zero-order valence-corrected chi connectivity index (χ0v) is 6.65. The first kappa shape index (κ1) is 8.98. The van der Waals surface area contributed by atoms with E-state index in [9.17, 15) is 4.79 Å². The fourth-order valence-electron chi connectivity index (χ4n) is 0.343. The fourth-order valence-corrected chi connectivity index (χ4v) is 1.03. The van der Waals surface area contributed by atoms with Gasteiger partial charge in [-0.15, -0.1) is 0 Å². The highest BCUT2D eigenvalue weighted by molar-refractivity contribution is 7.99. The average Bonchev–Trinajstić information content (AvgIpc) is 1.83. The van der Waals surface area contributed by atoms with Gasteiger partial charge in [0.25, 0.3) is 0 Å². The van der Waals surface area contributed by atoms with Crippen molar-refractivity contribution in [3.63, 3.8) is 0 Å². The Hall–Kier alpha value is -0.0200. The van der Waals surface area contributed by atoms with E-state index in [1.165, 1.54) is 0 Å². The summed E-state index contributed by atoms with van der Waals surface area (Å²) in [6.07, 6.45) is 0.787. The second-order valence-electron chi connectivity index (χ2n) is 2.18. The molecule has 0 radical (unpaired) electrons. The summed E-state index contributed by atoms with van der Waals surface area (Å²) in [5, 5.41) is 0.566. The number of carbonyl (C=O) groups excluding carboxylic acids is 1. The van der Waals surface area contributed by atoms with Crippen LogP contribution in [0.4, 0.5) is 0 Å². The number of carbonyl (C=O) groups is 1. The number of thioether (sulfide) groups is 1. The first-order chi connectivity index (χ1) is 4.16. The Morgan fingerprint density at radius 3 is 2.56 bits per heavy atom. The number of nitrogens with two attached hydrogens (primary N) is 1. The molecule has 1 unspecified atom stereocenters. The molecule has 0 aliphatic heterocycles. The molecule has 0 rings (SSSR count). The summed E-state index contributed by atoms with van der Waals surface area (Å²) in [7, 11) is 0. The molecule has 2 N–H and O–H groups in total. The lowest BCUT2D eigenvalue weighted by molar-refractivity contribution is -0.108. The monoisotopic (exact) mass is 147 g/mol. The third kappa shape index (κ3) is 5.86. The van der Waals surface area contributed by atoms with Crippen LogP contribution < -0.4 is 5.73 Å². The maximum absolute atomic E-state index is 9.98. The molecule has 0 aliphatic rings. The minimum absolute atomic E-state index is 0.280. The maximum atomic E-state index is 9.98.